The minimum atomic E-state index is -0.507. The molecule has 0 radical (unpaired) electrons. The van der Waals surface area contributed by atoms with Crippen LogP contribution in [0.5, 0.6) is 0 Å². The highest BCUT2D eigenvalue weighted by Gasteiger charge is 2.30. The highest BCUT2D eigenvalue weighted by Crippen LogP contribution is 2.17. The molecule has 2 amide bonds. The van der Waals surface area contributed by atoms with Crippen molar-refractivity contribution in [1.29, 1.82) is 0 Å². The predicted octanol–water partition coefficient (Wildman–Crippen LogP) is 4.57. The fourth-order valence-corrected chi connectivity index (χ4v) is 3.36. The molecule has 4 heteroatoms. The minimum Gasteiger partial charge on any atom is -0.350 e. The smallest absolute Gasteiger partial charge is 0.243 e. The maximum absolute atomic E-state index is 13.3. The van der Waals surface area contributed by atoms with Gasteiger partial charge in [0.2, 0.25) is 11.8 Å². The quantitative estimate of drug-likeness (QED) is 0.748. The van der Waals surface area contributed by atoms with Crippen molar-refractivity contribution >= 4 is 11.8 Å². The summed E-state index contributed by atoms with van der Waals surface area (Å²) >= 11 is 0. The van der Waals surface area contributed by atoms with Crippen molar-refractivity contribution in [3.8, 4) is 0 Å². The molecular weight excluding hydrogens is 360 g/mol. The van der Waals surface area contributed by atoms with E-state index >= 15 is 0 Å². The van der Waals surface area contributed by atoms with E-state index in [0.29, 0.717) is 13.0 Å². The Morgan fingerprint density at radius 1 is 0.966 bits per heavy atom. The fraction of sp³-hybridized carbons (Fsp3) is 0.440. The van der Waals surface area contributed by atoms with Gasteiger partial charge in [0.1, 0.15) is 6.04 Å². The summed E-state index contributed by atoms with van der Waals surface area (Å²) in [5, 5.41) is 3.04. The summed E-state index contributed by atoms with van der Waals surface area (Å²) in [4.78, 5) is 28.0. The lowest BCUT2D eigenvalue weighted by molar-refractivity contribution is -0.141. The van der Waals surface area contributed by atoms with Crippen molar-refractivity contribution in [1.82, 2.24) is 10.2 Å². The van der Waals surface area contributed by atoms with Crippen LogP contribution in [0.4, 0.5) is 0 Å². The molecule has 29 heavy (non-hydrogen) atoms. The zero-order valence-electron chi connectivity index (χ0n) is 18.6. The van der Waals surface area contributed by atoms with Crippen LogP contribution in [0, 0.1) is 13.8 Å². The van der Waals surface area contributed by atoms with Gasteiger partial charge in [0.15, 0.2) is 0 Å². The van der Waals surface area contributed by atoms with E-state index in [1.54, 1.807) is 4.90 Å². The first kappa shape index (κ1) is 22.7. The molecule has 0 fully saturated rings. The van der Waals surface area contributed by atoms with Crippen molar-refractivity contribution in [2.75, 3.05) is 0 Å². The largest absolute Gasteiger partial charge is 0.350 e. The van der Waals surface area contributed by atoms with E-state index in [4.69, 9.17) is 0 Å². The molecule has 0 aliphatic rings. The number of aryl methyl sites for hydroxylation is 2. The van der Waals surface area contributed by atoms with Gasteiger partial charge in [-0.25, -0.2) is 0 Å². The number of carbonyl (C=O) groups is 2. The van der Waals surface area contributed by atoms with Crippen LogP contribution in [0.15, 0.2) is 48.5 Å². The molecule has 1 N–H and O–H groups in total. The SMILES string of the molecule is CCC(C(=O)NC(C)(C)C)N(Cc1cccc(C)c1)C(=O)Cc1ccc(C)cc1. The highest BCUT2D eigenvalue weighted by atomic mass is 16.2. The monoisotopic (exact) mass is 394 g/mol. The molecule has 4 nitrogen and oxygen atoms in total. The number of rotatable bonds is 7. The van der Waals surface area contributed by atoms with Crippen LogP contribution in [-0.2, 0) is 22.6 Å². The van der Waals surface area contributed by atoms with Gasteiger partial charge in [0, 0.05) is 12.1 Å². The molecule has 0 aromatic heterocycles. The zero-order chi connectivity index (χ0) is 21.6. The number of amides is 2. The first-order chi connectivity index (χ1) is 13.6. The summed E-state index contributed by atoms with van der Waals surface area (Å²) in [7, 11) is 0. The molecular formula is C25H34N2O2. The van der Waals surface area contributed by atoms with Gasteiger partial charge in [-0.15, -0.1) is 0 Å². The number of carbonyl (C=O) groups excluding carboxylic acids is 2. The predicted molar refractivity (Wildman–Crippen MR) is 119 cm³/mol. The number of benzene rings is 2. The van der Waals surface area contributed by atoms with E-state index in [1.807, 2.05) is 84.0 Å². The minimum absolute atomic E-state index is 0.0359. The normalized spacial score (nSPS) is 12.3. The molecule has 0 bridgehead atoms. The lowest BCUT2D eigenvalue weighted by Crippen LogP contribution is -2.53. The standard InChI is InChI=1S/C25H34N2O2/c1-7-22(24(29)26-25(4,5)6)27(17-21-10-8-9-19(3)15-21)23(28)16-20-13-11-18(2)12-14-20/h8-15,22H,7,16-17H2,1-6H3,(H,26,29). The maximum atomic E-state index is 13.3. The van der Waals surface area contributed by atoms with Crippen molar-refractivity contribution in [2.45, 2.75) is 72.5 Å². The van der Waals surface area contributed by atoms with Gasteiger partial charge >= 0.3 is 0 Å². The fourth-order valence-electron chi connectivity index (χ4n) is 3.36. The van der Waals surface area contributed by atoms with Crippen LogP contribution in [0.3, 0.4) is 0 Å². The molecule has 0 spiro atoms. The molecule has 2 rings (SSSR count). The van der Waals surface area contributed by atoms with E-state index in [1.165, 1.54) is 0 Å². The Balaban J connectivity index is 2.30. The Morgan fingerprint density at radius 2 is 1.62 bits per heavy atom. The Hall–Kier alpha value is -2.62. The van der Waals surface area contributed by atoms with Crippen LogP contribution >= 0.6 is 0 Å². The second-order valence-electron chi connectivity index (χ2n) is 8.84. The molecule has 0 saturated heterocycles. The maximum Gasteiger partial charge on any atom is 0.243 e. The molecule has 1 atom stereocenters. The van der Waals surface area contributed by atoms with E-state index < -0.39 is 6.04 Å². The van der Waals surface area contributed by atoms with Crippen LogP contribution in [0.2, 0.25) is 0 Å². The van der Waals surface area contributed by atoms with Crippen molar-refractivity contribution in [3.05, 3.63) is 70.8 Å². The topological polar surface area (TPSA) is 49.4 Å². The van der Waals surface area contributed by atoms with Gasteiger partial charge in [0.05, 0.1) is 6.42 Å². The van der Waals surface area contributed by atoms with Crippen LogP contribution in [-0.4, -0.2) is 28.3 Å². The van der Waals surface area contributed by atoms with Crippen molar-refractivity contribution < 1.29 is 9.59 Å². The molecule has 0 heterocycles. The van der Waals surface area contributed by atoms with Crippen molar-refractivity contribution in [3.63, 3.8) is 0 Å². The molecule has 0 saturated carbocycles. The van der Waals surface area contributed by atoms with Gasteiger partial charge in [-0.05, 0) is 52.2 Å². The second-order valence-corrected chi connectivity index (χ2v) is 8.84. The lowest BCUT2D eigenvalue weighted by Gasteiger charge is -2.33. The third-order valence-corrected chi connectivity index (χ3v) is 4.80. The zero-order valence-corrected chi connectivity index (χ0v) is 18.6. The van der Waals surface area contributed by atoms with Gasteiger partial charge in [0.25, 0.3) is 0 Å². The molecule has 1 unspecified atom stereocenters. The Kier molecular flexibility index (Phi) is 7.60. The van der Waals surface area contributed by atoms with Gasteiger partial charge in [-0.3, -0.25) is 9.59 Å². The summed E-state index contributed by atoms with van der Waals surface area (Å²) in [5.41, 5.74) is 3.94. The Morgan fingerprint density at radius 3 is 2.17 bits per heavy atom. The third kappa shape index (κ3) is 7.04. The van der Waals surface area contributed by atoms with Gasteiger partial charge in [-0.1, -0.05) is 66.6 Å². The van der Waals surface area contributed by atoms with E-state index in [-0.39, 0.29) is 23.8 Å². The molecule has 156 valence electrons. The first-order valence-electron chi connectivity index (χ1n) is 10.3. The highest BCUT2D eigenvalue weighted by molar-refractivity contribution is 5.88. The summed E-state index contributed by atoms with van der Waals surface area (Å²) in [6.45, 7) is 12.3. The average molecular weight is 395 g/mol. The van der Waals surface area contributed by atoms with Crippen LogP contribution < -0.4 is 5.32 Å². The molecule has 2 aromatic carbocycles. The summed E-state index contributed by atoms with van der Waals surface area (Å²) in [6.07, 6.45) is 0.846. The number of nitrogens with zero attached hydrogens (tertiary/aromatic N) is 1. The van der Waals surface area contributed by atoms with Crippen LogP contribution in [0.25, 0.3) is 0 Å². The summed E-state index contributed by atoms with van der Waals surface area (Å²) < 4.78 is 0. The Bertz CT molecular complexity index is 835. The van der Waals surface area contributed by atoms with Gasteiger partial charge < -0.3 is 10.2 Å². The number of nitrogens with one attached hydrogen (secondary N) is 1. The molecule has 0 aliphatic heterocycles. The van der Waals surface area contributed by atoms with Gasteiger partial charge in [-0.2, -0.15) is 0 Å². The third-order valence-electron chi connectivity index (χ3n) is 4.80. The van der Waals surface area contributed by atoms with Crippen LogP contribution in [0.1, 0.15) is 56.4 Å². The van der Waals surface area contributed by atoms with E-state index in [2.05, 4.69) is 11.4 Å². The van der Waals surface area contributed by atoms with E-state index in [9.17, 15) is 9.59 Å². The lowest BCUT2D eigenvalue weighted by atomic mass is 10.0. The second kappa shape index (κ2) is 9.73. The number of hydrogen-bond donors (Lipinski definition) is 1. The average Bonchev–Trinajstić information content (AvgIpc) is 2.62. The molecule has 0 aliphatic carbocycles. The summed E-state index contributed by atoms with van der Waals surface area (Å²) in [5.74, 6) is -0.142. The molecule has 2 aromatic rings. The Labute approximate surface area is 175 Å². The summed E-state index contributed by atoms with van der Waals surface area (Å²) in [6, 6.07) is 15.6. The first-order valence-corrected chi connectivity index (χ1v) is 10.3. The van der Waals surface area contributed by atoms with E-state index in [0.717, 1.165) is 22.3 Å². The number of hydrogen-bond acceptors (Lipinski definition) is 2. The van der Waals surface area contributed by atoms with Crippen molar-refractivity contribution in [2.24, 2.45) is 0 Å².